The van der Waals surface area contributed by atoms with E-state index in [-0.39, 0.29) is 0 Å². The van der Waals surface area contributed by atoms with E-state index in [0.717, 1.165) is 60.7 Å². The van der Waals surface area contributed by atoms with Crippen LogP contribution >= 0.6 is 11.3 Å². The number of fused-ring (bicyclic) bond motifs is 3. The van der Waals surface area contributed by atoms with E-state index < -0.39 is 0 Å². The van der Waals surface area contributed by atoms with Crippen molar-refractivity contribution >= 4 is 31.6 Å². The Balaban J connectivity index is 1.18. The van der Waals surface area contributed by atoms with E-state index in [4.69, 9.17) is 19.9 Å². The van der Waals surface area contributed by atoms with E-state index >= 15 is 0 Å². The second kappa shape index (κ2) is 12.4. The van der Waals surface area contributed by atoms with E-state index in [2.05, 4.69) is 127 Å². The maximum Gasteiger partial charge on any atom is 0.161 e. The highest BCUT2D eigenvalue weighted by Gasteiger charge is 2.18. The van der Waals surface area contributed by atoms with Crippen molar-refractivity contribution in [1.82, 2.24) is 19.9 Å². The maximum absolute atomic E-state index is 5.28. The van der Waals surface area contributed by atoms with Crippen molar-refractivity contribution in [3.8, 4) is 67.7 Å². The van der Waals surface area contributed by atoms with Crippen molar-refractivity contribution in [2.45, 2.75) is 0 Å². The molecule has 0 aliphatic heterocycles. The lowest BCUT2D eigenvalue weighted by molar-refractivity contribution is 1.18. The molecule has 0 radical (unpaired) electrons. The minimum Gasteiger partial charge on any atom is -0.228 e. The second-order valence-electron chi connectivity index (χ2n) is 11.9. The zero-order valence-corrected chi connectivity index (χ0v) is 27.2. The molecule has 230 valence electrons. The van der Waals surface area contributed by atoms with Crippen LogP contribution in [0.1, 0.15) is 0 Å². The van der Waals surface area contributed by atoms with Gasteiger partial charge < -0.3 is 0 Å². The zero-order valence-electron chi connectivity index (χ0n) is 26.4. The van der Waals surface area contributed by atoms with Gasteiger partial charge in [0.25, 0.3) is 0 Å². The summed E-state index contributed by atoms with van der Waals surface area (Å²) in [5.74, 6) is 1.41. The minimum atomic E-state index is 0.700. The Morgan fingerprint density at radius 3 is 1.59 bits per heavy atom. The molecule has 3 aromatic heterocycles. The molecular formula is C44H28N4S. The van der Waals surface area contributed by atoms with Crippen molar-refractivity contribution < 1.29 is 0 Å². The zero-order chi connectivity index (χ0) is 32.6. The predicted molar refractivity (Wildman–Crippen MR) is 203 cm³/mol. The average Bonchev–Trinajstić information content (AvgIpc) is 3.57. The third kappa shape index (κ3) is 5.56. The van der Waals surface area contributed by atoms with Gasteiger partial charge in [-0.05, 0) is 29.3 Å². The summed E-state index contributed by atoms with van der Waals surface area (Å²) in [6.45, 7) is 0. The Bertz CT molecular complexity index is 2520. The fourth-order valence-corrected chi connectivity index (χ4v) is 7.37. The van der Waals surface area contributed by atoms with E-state index in [1.54, 1.807) is 11.3 Å². The van der Waals surface area contributed by atoms with Crippen LogP contribution < -0.4 is 0 Å². The normalized spacial score (nSPS) is 11.3. The molecule has 0 aliphatic carbocycles. The summed E-state index contributed by atoms with van der Waals surface area (Å²) in [7, 11) is 0. The first kappa shape index (κ1) is 28.9. The summed E-state index contributed by atoms with van der Waals surface area (Å²) >= 11 is 1.71. The van der Waals surface area contributed by atoms with Crippen LogP contribution in [0.3, 0.4) is 0 Å². The van der Waals surface area contributed by atoms with E-state index in [1.807, 2.05) is 42.5 Å². The van der Waals surface area contributed by atoms with Crippen molar-refractivity contribution in [2.75, 3.05) is 0 Å². The van der Waals surface area contributed by atoms with Gasteiger partial charge in [0.15, 0.2) is 11.6 Å². The van der Waals surface area contributed by atoms with Crippen LogP contribution in [0.15, 0.2) is 170 Å². The highest BCUT2D eigenvalue weighted by Crippen LogP contribution is 2.40. The molecule has 9 aromatic rings. The summed E-state index contributed by atoms with van der Waals surface area (Å²) in [4.78, 5) is 21.4. The van der Waals surface area contributed by atoms with Crippen LogP contribution in [-0.2, 0) is 0 Å². The minimum absolute atomic E-state index is 0.700. The van der Waals surface area contributed by atoms with Gasteiger partial charge in [0.1, 0.15) is 4.83 Å². The number of benzene rings is 6. The molecule has 3 heterocycles. The highest BCUT2D eigenvalue weighted by molar-refractivity contribution is 7.25. The number of rotatable bonds is 6. The Hall–Kier alpha value is -6.30. The molecule has 0 aliphatic rings. The molecule has 0 unspecified atom stereocenters. The van der Waals surface area contributed by atoms with E-state index in [0.29, 0.717) is 11.6 Å². The number of thiophene rings is 1. The molecule has 9 rings (SSSR count). The fourth-order valence-electron chi connectivity index (χ4n) is 6.30. The SMILES string of the molecule is c1ccc(-c2cccc(-c3nc(-c4ccc(-c5cc(-c6ccccc6)nc(-c6ccccc6)n5)cc4)c4c(n3)sc3ccccc34)c2)cc1. The Kier molecular flexibility index (Phi) is 7.30. The lowest BCUT2D eigenvalue weighted by Gasteiger charge is -2.11. The largest absolute Gasteiger partial charge is 0.228 e. The van der Waals surface area contributed by atoms with Gasteiger partial charge in [-0.3, -0.25) is 0 Å². The van der Waals surface area contributed by atoms with Crippen LogP contribution in [-0.4, -0.2) is 19.9 Å². The van der Waals surface area contributed by atoms with Gasteiger partial charge in [0.2, 0.25) is 0 Å². The molecule has 0 amide bonds. The van der Waals surface area contributed by atoms with E-state index in [1.165, 1.54) is 15.6 Å². The number of hydrogen-bond donors (Lipinski definition) is 0. The number of nitrogens with zero attached hydrogens (tertiary/aromatic N) is 4. The molecule has 0 spiro atoms. The molecule has 49 heavy (non-hydrogen) atoms. The number of hydrogen-bond acceptors (Lipinski definition) is 5. The van der Waals surface area contributed by atoms with Crippen LogP contribution in [0, 0.1) is 0 Å². The lowest BCUT2D eigenvalue weighted by Crippen LogP contribution is -1.96. The second-order valence-corrected chi connectivity index (χ2v) is 12.9. The molecule has 0 N–H and O–H groups in total. The topological polar surface area (TPSA) is 51.6 Å². The Labute approximate surface area is 288 Å². The highest BCUT2D eigenvalue weighted by atomic mass is 32.1. The van der Waals surface area contributed by atoms with Crippen molar-refractivity contribution in [1.29, 1.82) is 0 Å². The third-order valence-electron chi connectivity index (χ3n) is 8.75. The molecular weight excluding hydrogens is 617 g/mol. The van der Waals surface area contributed by atoms with Gasteiger partial charge >= 0.3 is 0 Å². The summed E-state index contributed by atoms with van der Waals surface area (Å²) in [5.41, 5.74) is 10.0. The fraction of sp³-hybridized carbons (Fsp3) is 0. The van der Waals surface area contributed by atoms with Crippen LogP contribution in [0.4, 0.5) is 0 Å². The summed E-state index contributed by atoms with van der Waals surface area (Å²) in [5, 5.41) is 2.25. The van der Waals surface area contributed by atoms with Crippen molar-refractivity contribution in [2.24, 2.45) is 0 Å². The average molecular weight is 645 g/mol. The summed E-state index contributed by atoms with van der Waals surface area (Å²) in [6, 6.07) is 58.5. The smallest absolute Gasteiger partial charge is 0.161 e. The van der Waals surface area contributed by atoms with Gasteiger partial charge in [0.05, 0.1) is 17.1 Å². The monoisotopic (exact) mass is 644 g/mol. The first-order chi connectivity index (χ1) is 24.3. The van der Waals surface area contributed by atoms with Crippen molar-refractivity contribution in [3.05, 3.63) is 170 Å². The molecule has 0 atom stereocenters. The first-order valence-corrected chi connectivity index (χ1v) is 17.0. The molecule has 6 aromatic carbocycles. The van der Waals surface area contributed by atoms with E-state index in [9.17, 15) is 0 Å². The Morgan fingerprint density at radius 1 is 0.347 bits per heavy atom. The molecule has 4 nitrogen and oxygen atoms in total. The van der Waals surface area contributed by atoms with Gasteiger partial charge in [-0.15, -0.1) is 11.3 Å². The predicted octanol–water partition coefficient (Wildman–Crippen LogP) is 11.6. The number of aromatic nitrogens is 4. The summed E-state index contributed by atoms with van der Waals surface area (Å²) in [6.07, 6.45) is 0. The standard InChI is InChI=1S/C44H28N4S/c1-4-13-29(14-5-1)34-19-12-20-35(27-34)43-47-41(40-36-21-10-11-22-39(36)49-44(40)48-43)32-25-23-31(24-26-32)38-28-37(30-15-6-2-7-16-30)45-42(46-38)33-17-8-3-9-18-33/h1-28H. The first-order valence-electron chi connectivity index (χ1n) is 16.2. The lowest BCUT2D eigenvalue weighted by atomic mass is 10.0. The van der Waals surface area contributed by atoms with Crippen LogP contribution in [0.2, 0.25) is 0 Å². The van der Waals surface area contributed by atoms with Crippen molar-refractivity contribution in [3.63, 3.8) is 0 Å². The molecule has 0 saturated carbocycles. The van der Waals surface area contributed by atoms with Gasteiger partial charge in [0, 0.05) is 43.3 Å². The molecule has 0 fully saturated rings. The van der Waals surface area contributed by atoms with Gasteiger partial charge in [-0.2, -0.15) is 0 Å². The van der Waals surface area contributed by atoms with Crippen LogP contribution in [0.5, 0.6) is 0 Å². The van der Waals surface area contributed by atoms with Gasteiger partial charge in [-0.25, -0.2) is 19.9 Å². The molecule has 0 saturated heterocycles. The molecule has 0 bridgehead atoms. The Morgan fingerprint density at radius 2 is 0.878 bits per heavy atom. The quantitative estimate of drug-likeness (QED) is 0.181. The molecule has 5 heteroatoms. The van der Waals surface area contributed by atoms with Gasteiger partial charge in [-0.1, -0.05) is 152 Å². The summed E-state index contributed by atoms with van der Waals surface area (Å²) < 4.78 is 1.20. The van der Waals surface area contributed by atoms with Crippen LogP contribution in [0.25, 0.3) is 88.0 Å². The third-order valence-corrected chi connectivity index (χ3v) is 9.81. The maximum atomic E-state index is 5.28.